The summed E-state index contributed by atoms with van der Waals surface area (Å²) < 4.78 is 15.0. The molecule has 176 valence electrons. The van der Waals surface area contributed by atoms with Crippen molar-refractivity contribution in [3.05, 3.63) is 62.8 Å². The Bertz CT molecular complexity index is 1150. The number of benzene rings is 1. The van der Waals surface area contributed by atoms with E-state index in [1.54, 1.807) is 32.5 Å². The highest BCUT2D eigenvalue weighted by Crippen LogP contribution is 2.39. The minimum Gasteiger partial charge on any atom is -0.465 e. The van der Waals surface area contributed by atoms with Gasteiger partial charge in [0.05, 0.1) is 37.7 Å². The van der Waals surface area contributed by atoms with Gasteiger partial charge in [0, 0.05) is 19.1 Å². The lowest BCUT2D eigenvalue weighted by Crippen LogP contribution is -2.49. The van der Waals surface area contributed by atoms with Gasteiger partial charge in [0.25, 0.3) is 5.91 Å². The van der Waals surface area contributed by atoms with Crippen LogP contribution in [-0.2, 0) is 7.05 Å². The molecule has 0 saturated carbocycles. The number of aryl methyl sites for hydroxylation is 1. The van der Waals surface area contributed by atoms with Gasteiger partial charge in [0.15, 0.2) is 0 Å². The summed E-state index contributed by atoms with van der Waals surface area (Å²) in [6.07, 6.45) is 0.362. The van der Waals surface area contributed by atoms with E-state index >= 15 is 0 Å². The van der Waals surface area contributed by atoms with Crippen LogP contribution in [0.4, 0.5) is 9.18 Å². The molecule has 3 aromatic rings. The zero-order valence-corrected chi connectivity index (χ0v) is 20.7. The highest BCUT2D eigenvalue weighted by molar-refractivity contribution is 7.18. The predicted molar refractivity (Wildman–Crippen MR) is 128 cm³/mol. The Balaban J connectivity index is 1.93. The van der Waals surface area contributed by atoms with E-state index in [2.05, 4.69) is 10.4 Å². The highest BCUT2D eigenvalue weighted by Gasteiger charge is 2.31. The van der Waals surface area contributed by atoms with Crippen LogP contribution in [0.25, 0.3) is 10.6 Å². The van der Waals surface area contributed by atoms with E-state index in [0.29, 0.717) is 31.1 Å². The van der Waals surface area contributed by atoms with Crippen molar-refractivity contribution in [2.45, 2.75) is 32.4 Å². The number of carbonyl (C=O) groups excluding carboxylic acids is 1. The first kappa shape index (κ1) is 25.0. The van der Waals surface area contributed by atoms with Crippen molar-refractivity contribution in [1.29, 1.82) is 0 Å². The van der Waals surface area contributed by atoms with Crippen molar-refractivity contribution in [1.82, 2.24) is 20.0 Å². The number of carboxylic acid groups (broad SMARTS) is 1. The van der Waals surface area contributed by atoms with Gasteiger partial charge in [-0.3, -0.25) is 9.48 Å². The fourth-order valence-corrected chi connectivity index (χ4v) is 5.03. The van der Waals surface area contributed by atoms with Gasteiger partial charge < -0.3 is 15.3 Å². The Hall–Kier alpha value is -2.62. The molecule has 1 unspecified atom stereocenters. The van der Waals surface area contributed by atoms with Gasteiger partial charge in [-0.1, -0.05) is 35.3 Å². The molecular formula is C22H23Cl2FN4O3S. The first-order valence-electron chi connectivity index (χ1n) is 9.92. The topological polar surface area (TPSA) is 87.5 Å². The molecule has 0 saturated heterocycles. The molecule has 33 heavy (non-hydrogen) atoms. The van der Waals surface area contributed by atoms with Crippen molar-refractivity contribution in [3.8, 4) is 10.6 Å². The molecule has 7 nitrogen and oxygen atoms in total. The minimum absolute atomic E-state index is 0.0320. The number of rotatable bonds is 6. The molecule has 2 amide bonds. The van der Waals surface area contributed by atoms with E-state index in [9.17, 15) is 19.1 Å². The molecule has 1 atom stereocenters. The maximum absolute atomic E-state index is 13.5. The summed E-state index contributed by atoms with van der Waals surface area (Å²) in [5, 5.41) is 17.4. The maximum Gasteiger partial charge on any atom is 0.407 e. The fraction of sp³-hybridized carbons (Fsp3) is 0.318. The van der Waals surface area contributed by atoms with Crippen LogP contribution in [0.1, 0.15) is 42.0 Å². The van der Waals surface area contributed by atoms with Crippen molar-refractivity contribution in [2.75, 3.05) is 6.54 Å². The van der Waals surface area contributed by atoms with Gasteiger partial charge in [0.1, 0.15) is 5.82 Å². The standard InChI is InChI=1S/C22H23Cl2FN4O3S/c1-22(2,3)29(21(31)32)11-16(12-5-7-13(25)8-6-12)27-20(30)17-9-14(23)19(33-17)18-15(24)10-26-28(18)4/h5-10,16H,11H2,1-4H3,(H,27,30)(H,31,32). The van der Waals surface area contributed by atoms with Crippen LogP contribution in [0.15, 0.2) is 36.5 Å². The van der Waals surface area contributed by atoms with Crippen molar-refractivity contribution >= 4 is 46.5 Å². The largest absolute Gasteiger partial charge is 0.465 e. The smallest absolute Gasteiger partial charge is 0.407 e. The van der Waals surface area contributed by atoms with Crippen molar-refractivity contribution < 1.29 is 19.1 Å². The second-order valence-corrected chi connectivity index (χ2v) is 10.3. The van der Waals surface area contributed by atoms with Crippen LogP contribution < -0.4 is 5.32 Å². The molecule has 1 aromatic carbocycles. The summed E-state index contributed by atoms with van der Waals surface area (Å²) in [4.78, 5) is 27.2. The molecule has 11 heteroatoms. The van der Waals surface area contributed by atoms with Gasteiger partial charge in [-0.15, -0.1) is 11.3 Å². The number of nitrogens with one attached hydrogen (secondary N) is 1. The van der Waals surface area contributed by atoms with Gasteiger partial charge in [0.2, 0.25) is 0 Å². The van der Waals surface area contributed by atoms with E-state index in [1.807, 2.05) is 0 Å². The summed E-state index contributed by atoms with van der Waals surface area (Å²) in [5.41, 5.74) is 0.438. The molecule has 2 N–H and O–H groups in total. The number of halogens is 3. The number of hydrogen-bond acceptors (Lipinski definition) is 4. The number of nitrogens with zero attached hydrogens (tertiary/aromatic N) is 3. The van der Waals surface area contributed by atoms with Gasteiger partial charge in [-0.2, -0.15) is 5.10 Å². The Morgan fingerprint density at radius 1 is 1.24 bits per heavy atom. The minimum atomic E-state index is -1.13. The number of thiophene rings is 1. The first-order valence-corrected chi connectivity index (χ1v) is 11.5. The van der Waals surface area contributed by atoms with Crippen LogP contribution in [-0.4, -0.2) is 43.9 Å². The van der Waals surface area contributed by atoms with Crippen molar-refractivity contribution in [3.63, 3.8) is 0 Å². The average molecular weight is 513 g/mol. The predicted octanol–water partition coefficient (Wildman–Crippen LogP) is 5.84. The zero-order valence-electron chi connectivity index (χ0n) is 18.4. The molecule has 0 radical (unpaired) electrons. The van der Waals surface area contributed by atoms with Crippen LogP contribution in [0.5, 0.6) is 0 Å². The lowest BCUT2D eigenvalue weighted by molar-refractivity contribution is 0.0824. The molecule has 0 aliphatic rings. The zero-order chi connectivity index (χ0) is 24.5. The average Bonchev–Trinajstić information content (AvgIpc) is 3.25. The quantitative estimate of drug-likeness (QED) is 0.433. The Morgan fingerprint density at radius 2 is 1.88 bits per heavy atom. The molecule has 0 aliphatic heterocycles. The second-order valence-electron chi connectivity index (χ2n) is 8.39. The summed E-state index contributed by atoms with van der Waals surface area (Å²) in [5.74, 6) is -0.877. The third-order valence-electron chi connectivity index (χ3n) is 5.00. The van der Waals surface area contributed by atoms with Gasteiger partial charge in [-0.05, 0) is 44.5 Å². The molecule has 2 heterocycles. The molecule has 0 spiro atoms. The van der Waals surface area contributed by atoms with Gasteiger partial charge in [-0.25, -0.2) is 9.18 Å². The monoisotopic (exact) mass is 512 g/mol. The summed E-state index contributed by atoms with van der Waals surface area (Å²) in [6.45, 7) is 5.24. The van der Waals surface area contributed by atoms with Crippen LogP contribution in [0.3, 0.4) is 0 Å². The molecule has 0 aliphatic carbocycles. The summed E-state index contributed by atoms with van der Waals surface area (Å²) >= 11 is 13.7. The Kier molecular flexibility index (Phi) is 7.36. The number of hydrogen-bond donors (Lipinski definition) is 2. The molecule has 0 bridgehead atoms. The SMILES string of the molecule is Cn1ncc(Cl)c1-c1sc(C(=O)NC(CN(C(=O)O)C(C)(C)C)c2ccc(F)cc2)cc1Cl. The van der Waals surface area contributed by atoms with Crippen LogP contribution in [0.2, 0.25) is 10.0 Å². The third kappa shape index (κ3) is 5.66. The normalized spacial score (nSPS) is 12.5. The Labute approximate surface area is 204 Å². The van der Waals surface area contributed by atoms with E-state index in [1.165, 1.54) is 41.4 Å². The van der Waals surface area contributed by atoms with E-state index in [4.69, 9.17) is 23.2 Å². The summed E-state index contributed by atoms with van der Waals surface area (Å²) in [6, 6.07) is 6.37. The number of aromatic nitrogens is 2. The van der Waals surface area contributed by atoms with Crippen molar-refractivity contribution in [2.24, 2.45) is 7.05 Å². The maximum atomic E-state index is 13.5. The number of carbonyl (C=O) groups is 2. The Morgan fingerprint density at radius 3 is 2.39 bits per heavy atom. The fourth-order valence-electron chi connectivity index (χ4n) is 3.29. The van der Waals surface area contributed by atoms with Gasteiger partial charge >= 0.3 is 6.09 Å². The highest BCUT2D eigenvalue weighted by atomic mass is 35.5. The molecule has 2 aromatic heterocycles. The molecule has 3 rings (SSSR count). The molecule has 0 fully saturated rings. The van der Waals surface area contributed by atoms with Crippen LogP contribution >= 0.6 is 34.5 Å². The lowest BCUT2D eigenvalue weighted by Gasteiger charge is -2.36. The van der Waals surface area contributed by atoms with Crippen LogP contribution in [0, 0.1) is 5.82 Å². The van der Waals surface area contributed by atoms with E-state index in [-0.39, 0.29) is 6.54 Å². The van der Waals surface area contributed by atoms with E-state index in [0.717, 1.165) is 11.3 Å². The first-order chi connectivity index (χ1) is 15.4. The second kappa shape index (κ2) is 9.70. The molecular weight excluding hydrogens is 490 g/mol. The van der Waals surface area contributed by atoms with E-state index < -0.39 is 29.4 Å². The lowest BCUT2D eigenvalue weighted by atomic mass is 10.0. The third-order valence-corrected chi connectivity index (χ3v) is 6.83. The number of amides is 2. The summed E-state index contributed by atoms with van der Waals surface area (Å²) in [7, 11) is 1.72.